The summed E-state index contributed by atoms with van der Waals surface area (Å²) in [6.07, 6.45) is 0.254. The number of amides is 2. The standard InChI is InChI=1S/C19H22N2O3/c1-3-24-18-7-5-4-6-16(18)21-19(23)20-13-12-17(22)15-10-8-14(2)9-11-15/h4-11H,3,12-13H2,1-2H3,(H2,20,21,23). The van der Waals surface area contributed by atoms with Gasteiger partial charge in [-0.2, -0.15) is 0 Å². The van der Waals surface area contributed by atoms with E-state index in [1.54, 1.807) is 24.3 Å². The fourth-order valence-electron chi connectivity index (χ4n) is 2.19. The van der Waals surface area contributed by atoms with Gasteiger partial charge in [-0.05, 0) is 26.0 Å². The molecule has 0 saturated heterocycles. The Labute approximate surface area is 142 Å². The van der Waals surface area contributed by atoms with Gasteiger partial charge in [-0.3, -0.25) is 4.79 Å². The Morgan fingerprint density at radius 3 is 2.46 bits per heavy atom. The molecule has 0 aliphatic carbocycles. The molecule has 0 unspecified atom stereocenters. The zero-order chi connectivity index (χ0) is 17.4. The van der Waals surface area contributed by atoms with Gasteiger partial charge in [0.25, 0.3) is 0 Å². The van der Waals surface area contributed by atoms with Gasteiger partial charge >= 0.3 is 6.03 Å². The molecule has 2 amide bonds. The van der Waals surface area contributed by atoms with Crippen molar-refractivity contribution < 1.29 is 14.3 Å². The first kappa shape index (κ1) is 17.5. The smallest absolute Gasteiger partial charge is 0.319 e. The third-order valence-electron chi connectivity index (χ3n) is 3.45. The number of nitrogens with one attached hydrogen (secondary N) is 2. The summed E-state index contributed by atoms with van der Waals surface area (Å²) in [6, 6.07) is 14.3. The normalized spacial score (nSPS) is 10.1. The number of ketones is 1. The zero-order valence-corrected chi connectivity index (χ0v) is 14.0. The van der Waals surface area contributed by atoms with E-state index in [0.717, 1.165) is 5.56 Å². The van der Waals surface area contributed by atoms with E-state index in [9.17, 15) is 9.59 Å². The lowest BCUT2D eigenvalue weighted by Crippen LogP contribution is -2.30. The highest BCUT2D eigenvalue weighted by molar-refractivity contribution is 5.97. The number of anilines is 1. The SMILES string of the molecule is CCOc1ccccc1NC(=O)NCCC(=O)c1ccc(C)cc1. The number of benzene rings is 2. The molecule has 2 aromatic rings. The number of Topliss-reactive ketones (excluding diaryl/α,β-unsaturated/α-hetero) is 1. The lowest BCUT2D eigenvalue weighted by atomic mass is 10.1. The van der Waals surface area contributed by atoms with Crippen molar-refractivity contribution in [3.8, 4) is 5.75 Å². The number of carbonyl (C=O) groups is 2. The second-order valence-corrected chi connectivity index (χ2v) is 5.35. The predicted molar refractivity (Wildman–Crippen MR) is 94.8 cm³/mol. The molecule has 0 fully saturated rings. The summed E-state index contributed by atoms with van der Waals surface area (Å²) in [5.41, 5.74) is 2.36. The summed E-state index contributed by atoms with van der Waals surface area (Å²) in [5.74, 6) is 0.621. The first-order valence-corrected chi connectivity index (χ1v) is 7.96. The van der Waals surface area contributed by atoms with E-state index in [1.165, 1.54) is 0 Å². The van der Waals surface area contributed by atoms with Crippen molar-refractivity contribution >= 4 is 17.5 Å². The van der Waals surface area contributed by atoms with Gasteiger partial charge in [0, 0.05) is 18.5 Å². The maximum atomic E-state index is 12.0. The Morgan fingerprint density at radius 2 is 1.75 bits per heavy atom. The van der Waals surface area contributed by atoms with E-state index < -0.39 is 0 Å². The van der Waals surface area contributed by atoms with Crippen LogP contribution in [0.4, 0.5) is 10.5 Å². The summed E-state index contributed by atoms with van der Waals surface area (Å²) in [5, 5.41) is 5.42. The minimum absolute atomic E-state index is 0.00464. The number of aryl methyl sites for hydroxylation is 1. The van der Waals surface area contributed by atoms with Crippen LogP contribution in [0.15, 0.2) is 48.5 Å². The lowest BCUT2D eigenvalue weighted by molar-refractivity contribution is 0.0983. The van der Waals surface area contributed by atoms with E-state index >= 15 is 0 Å². The molecule has 0 heterocycles. The maximum Gasteiger partial charge on any atom is 0.319 e. The van der Waals surface area contributed by atoms with E-state index in [1.807, 2.05) is 38.1 Å². The van der Waals surface area contributed by atoms with Gasteiger partial charge in [0.15, 0.2) is 5.78 Å². The fourth-order valence-corrected chi connectivity index (χ4v) is 2.19. The second-order valence-electron chi connectivity index (χ2n) is 5.35. The van der Waals surface area contributed by atoms with Gasteiger partial charge in [0.1, 0.15) is 5.75 Å². The van der Waals surface area contributed by atoms with Gasteiger partial charge in [-0.1, -0.05) is 42.0 Å². The minimum atomic E-state index is -0.362. The average molecular weight is 326 g/mol. The van der Waals surface area contributed by atoms with Crippen LogP contribution >= 0.6 is 0 Å². The molecule has 0 bridgehead atoms. The van der Waals surface area contributed by atoms with Crippen LogP contribution in [0.5, 0.6) is 5.75 Å². The summed E-state index contributed by atoms with van der Waals surface area (Å²) in [6.45, 7) is 4.65. The van der Waals surface area contributed by atoms with Crippen molar-refractivity contribution in [1.82, 2.24) is 5.32 Å². The lowest BCUT2D eigenvalue weighted by Gasteiger charge is -2.12. The fraction of sp³-hybridized carbons (Fsp3) is 0.263. The Balaban J connectivity index is 1.81. The van der Waals surface area contributed by atoms with Crippen LogP contribution in [0.3, 0.4) is 0 Å². The van der Waals surface area contributed by atoms with E-state index in [-0.39, 0.29) is 24.8 Å². The predicted octanol–water partition coefficient (Wildman–Crippen LogP) is 3.79. The number of carbonyl (C=O) groups excluding carboxylic acids is 2. The van der Waals surface area contributed by atoms with Crippen LogP contribution in [0.2, 0.25) is 0 Å². The van der Waals surface area contributed by atoms with Crippen LogP contribution < -0.4 is 15.4 Å². The number of para-hydroxylation sites is 2. The van der Waals surface area contributed by atoms with Crippen LogP contribution in [0.25, 0.3) is 0 Å². The molecular formula is C19H22N2O3. The minimum Gasteiger partial charge on any atom is -0.492 e. The summed E-state index contributed by atoms with van der Waals surface area (Å²) >= 11 is 0. The molecule has 0 aliphatic rings. The zero-order valence-electron chi connectivity index (χ0n) is 14.0. The Hall–Kier alpha value is -2.82. The molecule has 2 aromatic carbocycles. The topological polar surface area (TPSA) is 67.4 Å². The van der Waals surface area contributed by atoms with Crippen molar-refractivity contribution in [2.24, 2.45) is 0 Å². The first-order chi connectivity index (χ1) is 11.6. The summed E-state index contributed by atoms with van der Waals surface area (Å²) in [7, 11) is 0. The van der Waals surface area contributed by atoms with Crippen molar-refractivity contribution in [2.75, 3.05) is 18.5 Å². The molecule has 0 radical (unpaired) electrons. The molecule has 2 N–H and O–H groups in total. The first-order valence-electron chi connectivity index (χ1n) is 7.96. The van der Waals surface area contributed by atoms with Gasteiger partial charge in [0.2, 0.25) is 0 Å². The quantitative estimate of drug-likeness (QED) is 0.761. The van der Waals surface area contributed by atoms with Crippen molar-refractivity contribution in [3.63, 3.8) is 0 Å². The number of urea groups is 1. The molecule has 2 rings (SSSR count). The highest BCUT2D eigenvalue weighted by Crippen LogP contribution is 2.23. The molecular weight excluding hydrogens is 304 g/mol. The van der Waals surface area contributed by atoms with Gasteiger partial charge in [0.05, 0.1) is 12.3 Å². The third kappa shape index (κ3) is 5.12. The maximum absolute atomic E-state index is 12.0. The largest absolute Gasteiger partial charge is 0.492 e. The van der Waals surface area contributed by atoms with Gasteiger partial charge in [-0.15, -0.1) is 0 Å². The highest BCUT2D eigenvalue weighted by Gasteiger charge is 2.09. The molecule has 0 spiro atoms. The second kappa shape index (κ2) is 8.72. The van der Waals surface area contributed by atoms with Gasteiger partial charge in [-0.25, -0.2) is 4.79 Å². The van der Waals surface area contributed by atoms with Crippen LogP contribution in [0, 0.1) is 6.92 Å². The Kier molecular flexibility index (Phi) is 6.37. The molecule has 24 heavy (non-hydrogen) atoms. The third-order valence-corrected chi connectivity index (χ3v) is 3.45. The number of hydrogen-bond acceptors (Lipinski definition) is 3. The molecule has 0 atom stereocenters. The van der Waals surface area contributed by atoms with E-state index in [4.69, 9.17) is 4.74 Å². The van der Waals surface area contributed by atoms with Gasteiger partial charge < -0.3 is 15.4 Å². The van der Waals surface area contributed by atoms with Crippen LogP contribution in [0.1, 0.15) is 29.3 Å². The average Bonchev–Trinajstić information content (AvgIpc) is 2.57. The number of ether oxygens (including phenoxy) is 1. The summed E-state index contributed by atoms with van der Waals surface area (Å²) < 4.78 is 5.45. The van der Waals surface area contributed by atoms with Crippen molar-refractivity contribution in [1.29, 1.82) is 0 Å². The number of rotatable bonds is 7. The molecule has 5 heteroatoms. The molecule has 0 saturated carbocycles. The van der Waals surface area contributed by atoms with E-state index in [0.29, 0.717) is 23.6 Å². The van der Waals surface area contributed by atoms with Crippen LogP contribution in [-0.4, -0.2) is 25.0 Å². The Bertz CT molecular complexity index is 696. The molecule has 0 aromatic heterocycles. The molecule has 0 aliphatic heterocycles. The summed E-state index contributed by atoms with van der Waals surface area (Å²) in [4.78, 5) is 24.0. The van der Waals surface area contributed by atoms with Crippen LogP contribution in [-0.2, 0) is 0 Å². The van der Waals surface area contributed by atoms with Crippen molar-refractivity contribution in [2.45, 2.75) is 20.3 Å². The molecule has 126 valence electrons. The van der Waals surface area contributed by atoms with E-state index in [2.05, 4.69) is 10.6 Å². The monoisotopic (exact) mass is 326 g/mol. The highest BCUT2D eigenvalue weighted by atomic mass is 16.5. The van der Waals surface area contributed by atoms with Crippen molar-refractivity contribution in [3.05, 3.63) is 59.7 Å². The molecule has 5 nitrogen and oxygen atoms in total. The Morgan fingerprint density at radius 1 is 1.04 bits per heavy atom. The number of hydrogen-bond donors (Lipinski definition) is 2.